The average Bonchev–Trinajstić information content (AvgIpc) is 2.04. The third-order valence-electron chi connectivity index (χ3n) is 1.10. The van der Waals surface area contributed by atoms with E-state index in [9.17, 15) is 5.11 Å². The Labute approximate surface area is 88.4 Å². The smallest absolute Gasteiger partial charge is 0.194 e. The van der Waals surface area contributed by atoms with Gasteiger partial charge in [0.05, 0.1) is 4.90 Å². The molecule has 0 fully saturated rings. The molecule has 0 unspecified atom stereocenters. The van der Waals surface area contributed by atoms with Gasteiger partial charge in [0.2, 0.25) is 0 Å². The molecule has 0 aliphatic heterocycles. The molecule has 59 valence electrons. The van der Waals surface area contributed by atoms with Crippen LogP contribution in [-0.2, 0) is 5.11 Å². The van der Waals surface area contributed by atoms with Gasteiger partial charge in [-0.05, 0) is 62.1 Å². The van der Waals surface area contributed by atoms with Crippen LogP contribution in [0.4, 0.5) is 0 Å². The van der Waals surface area contributed by atoms with Gasteiger partial charge in [0, 0.05) is 4.90 Å². The molecule has 0 bridgehead atoms. The minimum Gasteiger partial charge on any atom is -0.289 e. The van der Waals surface area contributed by atoms with Crippen LogP contribution in [0.5, 0.6) is 5.75 Å². The Morgan fingerprint density at radius 1 is 1.18 bits per heavy atom. The maximum absolute atomic E-state index is 11.1. The maximum atomic E-state index is 11.1. The summed E-state index contributed by atoms with van der Waals surface area (Å²) in [4.78, 5) is 1.67. The highest BCUT2D eigenvalue weighted by Crippen LogP contribution is 2.42. The van der Waals surface area contributed by atoms with Crippen LogP contribution < -0.4 is 0 Å². The molecule has 1 aromatic rings. The van der Waals surface area contributed by atoms with Crippen LogP contribution in [0, 0.1) is 0 Å². The minimum absolute atomic E-state index is 0.0522. The third kappa shape index (κ3) is 2.31. The van der Waals surface area contributed by atoms with Gasteiger partial charge in [0.25, 0.3) is 0 Å². The summed E-state index contributed by atoms with van der Waals surface area (Å²) < 4.78 is 0. The normalized spacial score (nSPS) is 10.0. The van der Waals surface area contributed by atoms with Gasteiger partial charge in [0.15, 0.2) is 5.75 Å². The van der Waals surface area contributed by atoms with Crippen molar-refractivity contribution in [3.8, 4) is 5.75 Å². The topological polar surface area (TPSA) is 19.9 Å². The Balaban J connectivity index is 3.13. The number of halogens is 2. The van der Waals surface area contributed by atoms with Crippen molar-refractivity contribution in [3.05, 3.63) is 18.2 Å². The molecule has 0 aromatic heterocycles. The van der Waals surface area contributed by atoms with Crippen molar-refractivity contribution >= 4 is 50.0 Å². The van der Waals surface area contributed by atoms with E-state index in [-0.39, 0.29) is 5.75 Å². The van der Waals surface area contributed by atoms with E-state index in [4.69, 9.17) is 0 Å². The Morgan fingerprint density at radius 3 is 2.36 bits per heavy atom. The Hall–Kier alpha value is 0.680. The first-order chi connectivity index (χ1) is 5.29. The highest BCUT2D eigenvalue weighted by Gasteiger charge is 2.07. The van der Waals surface area contributed by atoms with Crippen LogP contribution in [0.15, 0.2) is 28.0 Å². The number of hydrogen-bond acceptors (Lipinski definition) is 2. The zero-order valence-corrected chi connectivity index (χ0v) is 10.0. The Kier molecular flexibility index (Phi) is 4.12. The van der Waals surface area contributed by atoms with Crippen LogP contribution in [0.2, 0.25) is 0 Å². The SMILES string of the molecule is [O]c1cccc(SBr)c1SBr. The summed E-state index contributed by atoms with van der Waals surface area (Å²) in [6.07, 6.45) is 0. The molecule has 0 heterocycles. The van der Waals surface area contributed by atoms with E-state index in [1.54, 1.807) is 12.1 Å². The van der Waals surface area contributed by atoms with Crippen LogP contribution in [0.25, 0.3) is 0 Å². The summed E-state index contributed by atoms with van der Waals surface area (Å²) in [6.45, 7) is 0. The fraction of sp³-hybridized carbons (Fsp3) is 0. The molecular formula is C6H3Br2OS2. The lowest BCUT2D eigenvalue weighted by Gasteiger charge is -2.00. The fourth-order valence-corrected chi connectivity index (χ4v) is 3.93. The quantitative estimate of drug-likeness (QED) is 0.792. The molecule has 0 aliphatic carbocycles. The predicted octanol–water partition coefficient (Wildman–Crippen LogP) is 4.63. The molecule has 5 heteroatoms. The van der Waals surface area contributed by atoms with Crippen molar-refractivity contribution in [2.75, 3.05) is 0 Å². The van der Waals surface area contributed by atoms with E-state index < -0.39 is 0 Å². The first kappa shape index (κ1) is 9.77. The van der Waals surface area contributed by atoms with Crippen molar-refractivity contribution in [2.24, 2.45) is 0 Å². The molecule has 0 spiro atoms. The molecule has 11 heavy (non-hydrogen) atoms. The largest absolute Gasteiger partial charge is 0.289 e. The third-order valence-corrected chi connectivity index (χ3v) is 4.33. The predicted molar refractivity (Wildman–Crippen MR) is 56.1 cm³/mol. The van der Waals surface area contributed by atoms with Crippen molar-refractivity contribution in [2.45, 2.75) is 9.79 Å². The number of benzene rings is 1. The van der Waals surface area contributed by atoms with Gasteiger partial charge in [-0.25, -0.2) is 0 Å². The second-order valence-corrected chi connectivity index (χ2v) is 4.84. The molecule has 0 saturated heterocycles. The molecule has 0 amide bonds. The van der Waals surface area contributed by atoms with Gasteiger partial charge in [-0.1, -0.05) is 6.07 Å². The lowest BCUT2D eigenvalue weighted by atomic mass is 10.3. The number of rotatable bonds is 2. The standard InChI is InChI=1S/C6H3Br2OS2/c7-10-5-3-1-2-4(9)6(5)11-8/h1-3H. The Morgan fingerprint density at radius 2 is 1.91 bits per heavy atom. The molecule has 1 radical (unpaired) electrons. The molecule has 0 aliphatic rings. The lowest BCUT2D eigenvalue weighted by molar-refractivity contribution is 0.342. The van der Waals surface area contributed by atoms with E-state index >= 15 is 0 Å². The monoisotopic (exact) mass is 313 g/mol. The van der Waals surface area contributed by atoms with Crippen molar-refractivity contribution in [1.29, 1.82) is 0 Å². The van der Waals surface area contributed by atoms with Gasteiger partial charge < -0.3 is 0 Å². The molecular weight excluding hydrogens is 312 g/mol. The summed E-state index contributed by atoms with van der Waals surface area (Å²) in [5.41, 5.74) is 0. The summed E-state index contributed by atoms with van der Waals surface area (Å²) >= 11 is 6.41. The second kappa shape index (κ2) is 4.64. The van der Waals surface area contributed by atoms with Gasteiger partial charge in [-0.2, -0.15) is 0 Å². The molecule has 1 nitrogen and oxygen atoms in total. The van der Waals surface area contributed by atoms with E-state index in [2.05, 4.69) is 29.6 Å². The fourth-order valence-electron chi connectivity index (χ4n) is 0.632. The van der Waals surface area contributed by atoms with Crippen LogP contribution in [0.1, 0.15) is 0 Å². The van der Waals surface area contributed by atoms with E-state index in [1.165, 1.54) is 20.4 Å². The van der Waals surface area contributed by atoms with Gasteiger partial charge in [-0.15, -0.1) is 0 Å². The van der Waals surface area contributed by atoms with Crippen LogP contribution >= 0.6 is 50.0 Å². The van der Waals surface area contributed by atoms with Gasteiger partial charge >= 0.3 is 0 Å². The number of hydrogen-bond donors (Lipinski definition) is 0. The molecule has 0 saturated carbocycles. The average molecular weight is 315 g/mol. The first-order valence-corrected chi connectivity index (χ1v) is 7.98. The zero-order chi connectivity index (χ0) is 8.27. The van der Waals surface area contributed by atoms with Gasteiger partial charge in [0.1, 0.15) is 0 Å². The second-order valence-electron chi connectivity index (χ2n) is 1.74. The van der Waals surface area contributed by atoms with E-state index in [1.807, 2.05) is 6.07 Å². The highest BCUT2D eigenvalue weighted by molar-refractivity contribution is 9.50. The van der Waals surface area contributed by atoms with Crippen molar-refractivity contribution < 1.29 is 5.11 Å². The summed E-state index contributed by atoms with van der Waals surface area (Å²) in [5, 5.41) is 11.1. The molecule has 1 aromatic carbocycles. The molecule has 0 atom stereocenters. The lowest BCUT2D eigenvalue weighted by Crippen LogP contribution is -1.72. The minimum atomic E-state index is 0.0522. The van der Waals surface area contributed by atoms with E-state index in [0.717, 1.165) is 9.79 Å². The first-order valence-electron chi connectivity index (χ1n) is 2.66. The summed E-state index contributed by atoms with van der Waals surface area (Å²) in [5.74, 6) is 0.0522. The van der Waals surface area contributed by atoms with Crippen molar-refractivity contribution in [1.82, 2.24) is 0 Å². The van der Waals surface area contributed by atoms with Crippen LogP contribution in [-0.4, -0.2) is 0 Å². The Bertz CT molecular complexity index is 254. The summed E-state index contributed by atoms with van der Waals surface area (Å²) in [6, 6.07) is 5.19. The molecule has 0 N–H and O–H groups in total. The molecule has 1 rings (SSSR count). The maximum Gasteiger partial charge on any atom is 0.194 e. The zero-order valence-electron chi connectivity index (χ0n) is 5.21. The van der Waals surface area contributed by atoms with Gasteiger partial charge in [-0.3, -0.25) is 5.11 Å². The summed E-state index contributed by atoms with van der Waals surface area (Å²) in [7, 11) is 2.69. The highest BCUT2D eigenvalue weighted by atomic mass is 79.9. The van der Waals surface area contributed by atoms with Crippen molar-refractivity contribution in [3.63, 3.8) is 0 Å². The van der Waals surface area contributed by atoms with E-state index in [0.29, 0.717) is 0 Å². The van der Waals surface area contributed by atoms with Crippen LogP contribution in [0.3, 0.4) is 0 Å².